The Morgan fingerprint density at radius 1 is 1.41 bits per heavy atom. The first-order valence-electron chi connectivity index (χ1n) is 6.87. The molecule has 22 heavy (non-hydrogen) atoms. The van der Waals surface area contributed by atoms with Crippen LogP contribution in [0.2, 0.25) is 5.02 Å². The number of rotatable bonds is 3. The number of morpholine rings is 1. The summed E-state index contributed by atoms with van der Waals surface area (Å²) < 4.78 is 30.5. The SMILES string of the molecule is C[C@@H]1CN(C(=O)c2ccc(Cl)c(NS(C)(=O)=O)c2)[C@@H](C)CO1. The molecule has 1 saturated heterocycles. The van der Waals surface area contributed by atoms with Gasteiger partial charge in [0, 0.05) is 12.1 Å². The van der Waals surface area contributed by atoms with Crippen LogP contribution in [0.3, 0.4) is 0 Å². The summed E-state index contributed by atoms with van der Waals surface area (Å²) in [4.78, 5) is 14.4. The average molecular weight is 347 g/mol. The zero-order chi connectivity index (χ0) is 16.5. The minimum absolute atomic E-state index is 0.0268. The second-order valence-electron chi connectivity index (χ2n) is 5.52. The van der Waals surface area contributed by atoms with Crippen LogP contribution in [0.4, 0.5) is 5.69 Å². The molecule has 0 aromatic heterocycles. The van der Waals surface area contributed by atoms with E-state index in [1.54, 1.807) is 11.0 Å². The summed E-state index contributed by atoms with van der Waals surface area (Å²) >= 11 is 5.97. The van der Waals surface area contributed by atoms with Crippen LogP contribution in [0, 0.1) is 0 Å². The Morgan fingerprint density at radius 2 is 2.09 bits per heavy atom. The van der Waals surface area contributed by atoms with Gasteiger partial charge in [0.25, 0.3) is 5.91 Å². The molecule has 0 unspecified atom stereocenters. The molecule has 0 bridgehead atoms. The van der Waals surface area contributed by atoms with Gasteiger partial charge >= 0.3 is 0 Å². The van der Waals surface area contributed by atoms with Crippen molar-refractivity contribution in [1.29, 1.82) is 0 Å². The maximum absolute atomic E-state index is 12.6. The quantitative estimate of drug-likeness (QED) is 0.907. The van der Waals surface area contributed by atoms with Gasteiger partial charge in [-0.15, -0.1) is 0 Å². The zero-order valence-corrected chi connectivity index (χ0v) is 14.2. The summed E-state index contributed by atoms with van der Waals surface area (Å²) in [6, 6.07) is 4.52. The summed E-state index contributed by atoms with van der Waals surface area (Å²) in [5.41, 5.74) is 0.584. The number of nitrogens with one attached hydrogen (secondary N) is 1. The van der Waals surface area contributed by atoms with E-state index in [2.05, 4.69) is 4.72 Å². The molecule has 0 spiro atoms. The molecule has 1 N–H and O–H groups in total. The van der Waals surface area contributed by atoms with E-state index < -0.39 is 10.0 Å². The molecule has 2 atom stereocenters. The molecule has 1 amide bonds. The maximum atomic E-state index is 12.6. The van der Waals surface area contributed by atoms with Crippen LogP contribution < -0.4 is 4.72 Å². The topological polar surface area (TPSA) is 75.7 Å². The second kappa shape index (κ2) is 6.44. The van der Waals surface area contributed by atoms with Crippen molar-refractivity contribution in [3.05, 3.63) is 28.8 Å². The van der Waals surface area contributed by atoms with Crippen LogP contribution >= 0.6 is 11.6 Å². The highest BCUT2D eigenvalue weighted by atomic mass is 35.5. The molecule has 0 aliphatic carbocycles. The molecule has 2 rings (SSSR count). The van der Waals surface area contributed by atoms with Crippen LogP contribution in [-0.4, -0.2) is 50.8 Å². The molecule has 1 aromatic rings. The van der Waals surface area contributed by atoms with Crippen molar-refractivity contribution in [3.63, 3.8) is 0 Å². The van der Waals surface area contributed by atoms with Gasteiger partial charge in [-0.05, 0) is 32.0 Å². The molecule has 1 fully saturated rings. The fourth-order valence-electron chi connectivity index (χ4n) is 2.29. The third-order valence-electron chi connectivity index (χ3n) is 3.38. The van der Waals surface area contributed by atoms with E-state index in [9.17, 15) is 13.2 Å². The number of hydrogen-bond acceptors (Lipinski definition) is 4. The van der Waals surface area contributed by atoms with Crippen molar-refractivity contribution in [2.45, 2.75) is 26.0 Å². The van der Waals surface area contributed by atoms with E-state index in [-0.39, 0.29) is 28.8 Å². The van der Waals surface area contributed by atoms with Crippen LogP contribution in [0.1, 0.15) is 24.2 Å². The van der Waals surface area contributed by atoms with E-state index >= 15 is 0 Å². The van der Waals surface area contributed by atoms with Crippen molar-refractivity contribution in [2.75, 3.05) is 24.1 Å². The number of amides is 1. The second-order valence-corrected chi connectivity index (χ2v) is 7.67. The summed E-state index contributed by atoms with van der Waals surface area (Å²) in [5.74, 6) is -0.170. The molecule has 1 aliphatic rings. The number of nitrogens with zero attached hydrogens (tertiary/aromatic N) is 1. The van der Waals surface area contributed by atoms with Gasteiger partial charge in [-0.3, -0.25) is 9.52 Å². The highest BCUT2D eigenvalue weighted by Crippen LogP contribution is 2.25. The molecule has 1 aromatic carbocycles. The Kier molecular flexibility index (Phi) is 4.99. The first kappa shape index (κ1) is 17.1. The Bertz CT molecular complexity index is 677. The number of halogens is 1. The number of carbonyl (C=O) groups is 1. The fourth-order valence-corrected chi connectivity index (χ4v) is 3.08. The lowest BCUT2D eigenvalue weighted by molar-refractivity contribution is -0.0387. The predicted molar refractivity (Wildman–Crippen MR) is 85.8 cm³/mol. The van der Waals surface area contributed by atoms with Gasteiger partial charge in [0.15, 0.2) is 0 Å². The number of sulfonamides is 1. The molecule has 0 radical (unpaired) electrons. The van der Waals surface area contributed by atoms with Gasteiger partial charge in [-0.2, -0.15) is 0 Å². The summed E-state index contributed by atoms with van der Waals surface area (Å²) in [7, 11) is -3.47. The van der Waals surface area contributed by atoms with E-state index in [0.29, 0.717) is 18.7 Å². The molecule has 0 saturated carbocycles. The predicted octanol–water partition coefficient (Wildman–Crippen LogP) is 1.96. The first-order chi connectivity index (χ1) is 10.2. The van der Waals surface area contributed by atoms with Crippen molar-refractivity contribution in [1.82, 2.24) is 4.90 Å². The highest BCUT2D eigenvalue weighted by Gasteiger charge is 2.28. The Labute approximate surface area is 135 Å². The molecular formula is C14H19ClN2O4S. The van der Waals surface area contributed by atoms with Crippen molar-refractivity contribution in [3.8, 4) is 0 Å². The molecule has 6 nitrogen and oxygen atoms in total. The van der Waals surface area contributed by atoms with Crippen molar-refractivity contribution < 1.29 is 17.9 Å². The number of carbonyl (C=O) groups excluding carboxylic acids is 1. The third kappa shape index (κ3) is 4.12. The van der Waals surface area contributed by atoms with Crippen molar-refractivity contribution in [2.24, 2.45) is 0 Å². The Morgan fingerprint density at radius 3 is 2.73 bits per heavy atom. The Hall–Kier alpha value is -1.31. The summed E-state index contributed by atoms with van der Waals surface area (Å²) in [6.45, 7) is 4.80. The molecule has 122 valence electrons. The number of anilines is 1. The number of ether oxygens (including phenoxy) is 1. The normalized spacial score (nSPS) is 22.5. The Balaban J connectivity index is 2.28. The summed E-state index contributed by atoms with van der Waals surface area (Å²) in [5, 5.41) is 0.241. The fraction of sp³-hybridized carbons (Fsp3) is 0.500. The standard InChI is InChI=1S/C14H19ClN2O4S/c1-9-8-21-10(2)7-17(9)14(18)11-4-5-12(15)13(6-11)16-22(3,19)20/h4-6,9-10,16H,7-8H2,1-3H3/t9-,10+/m0/s1. The van der Waals surface area contributed by atoms with Gasteiger partial charge in [0.1, 0.15) is 0 Å². The number of benzene rings is 1. The van der Waals surface area contributed by atoms with Gasteiger partial charge < -0.3 is 9.64 Å². The van der Waals surface area contributed by atoms with Crippen LogP contribution in [0.15, 0.2) is 18.2 Å². The largest absolute Gasteiger partial charge is 0.375 e. The molecular weight excluding hydrogens is 328 g/mol. The molecule has 8 heteroatoms. The minimum atomic E-state index is -3.47. The lowest BCUT2D eigenvalue weighted by atomic mass is 10.1. The van der Waals surface area contributed by atoms with Gasteiger partial charge in [-0.1, -0.05) is 11.6 Å². The maximum Gasteiger partial charge on any atom is 0.254 e. The van der Waals surface area contributed by atoms with Crippen LogP contribution in [-0.2, 0) is 14.8 Å². The van der Waals surface area contributed by atoms with Crippen LogP contribution in [0.25, 0.3) is 0 Å². The van der Waals surface area contributed by atoms with Crippen LogP contribution in [0.5, 0.6) is 0 Å². The van der Waals surface area contributed by atoms with Crippen molar-refractivity contribution >= 4 is 33.2 Å². The zero-order valence-electron chi connectivity index (χ0n) is 12.7. The lowest BCUT2D eigenvalue weighted by Crippen LogP contribution is -2.50. The van der Waals surface area contributed by atoms with Gasteiger partial charge in [-0.25, -0.2) is 8.42 Å². The summed E-state index contributed by atoms with van der Waals surface area (Å²) in [6.07, 6.45) is 1.00. The lowest BCUT2D eigenvalue weighted by Gasteiger charge is -2.36. The van der Waals surface area contributed by atoms with Gasteiger partial charge in [0.2, 0.25) is 10.0 Å². The average Bonchev–Trinajstić information content (AvgIpc) is 2.42. The number of hydrogen-bond donors (Lipinski definition) is 1. The molecule has 1 heterocycles. The van der Waals surface area contributed by atoms with E-state index in [1.165, 1.54) is 12.1 Å². The monoisotopic (exact) mass is 346 g/mol. The smallest absolute Gasteiger partial charge is 0.254 e. The minimum Gasteiger partial charge on any atom is -0.375 e. The first-order valence-corrected chi connectivity index (χ1v) is 9.14. The van der Waals surface area contributed by atoms with Gasteiger partial charge in [0.05, 0.1) is 35.7 Å². The van der Waals surface area contributed by atoms with E-state index in [1.807, 2.05) is 13.8 Å². The van der Waals surface area contributed by atoms with E-state index in [4.69, 9.17) is 16.3 Å². The highest BCUT2D eigenvalue weighted by molar-refractivity contribution is 7.92. The van der Waals surface area contributed by atoms with E-state index in [0.717, 1.165) is 6.26 Å². The molecule has 1 aliphatic heterocycles. The third-order valence-corrected chi connectivity index (χ3v) is 4.30.